The first-order valence-electron chi connectivity index (χ1n) is 5.63. The summed E-state index contributed by atoms with van der Waals surface area (Å²) < 4.78 is 5.27. The Labute approximate surface area is 95.4 Å². The normalized spacial score (nSPS) is 15.2. The van der Waals surface area contributed by atoms with Crippen molar-refractivity contribution in [1.82, 2.24) is 4.90 Å². The molecule has 0 aromatic heterocycles. The Kier molecular flexibility index (Phi) is 4.73. The highest BCUT2D eigenvalue weighted by molar-refractivity contribution is 5.82. The van der Waals surface area contributed by atoms with E-state index in [1.54, 1.807) is 0 Å². The lowest BCUT2D eigenvalue weighted by Crippen LogP contribution is -2.38. The van der Waals surface area contributed by atoms with Crippen molar-refractivity contribution in [3.63, 3.8) is 0 Å². The van der Waals surface area contributed by atoms with Crippen molar-refractivity contribution >= 4 is 11.9 Å². The molecule has 1 rings (SSSR count). The standard InChI is InChI=1S/C11H19NO4/c1-8(2)16-6-5-10(13)12(7-11(14)15)9-3-4-9/h8-9H,3-7H2,1-2H3,(H,14,15). The minimum Gasteiger partial charge on any atom is -0.480 e. The monoisotopic (exact) mass is 229 g/mol. The summed E-state index contributed by atoms with van der Waals surface area (Å²) in [5, 5.41) is 8.70. The summed E-state index contributed by atoms with van der Waals surface area (Å²) in [5.41, 5.74) is 0. The number of carboxylic acids is 1. The number of hydrogen-bond acceptors (Lipinski definition) is 3. The van der Waals surface area contributed by atoms with E-state index < -0.39 is 5.97 Å². The SMILES string of the molecule is CC(C)OCCC(=O)N(CC(=O)O)C1CC1. The molecular weight excluding hydrogens is 210 g/mol. The Bertz CT molecular complexity index is 261. The van der Waals surface area contributed by atoms with Crippen LogP contribution in [0.4, 0.5) is 0 Å². The predicted octanol–water partition coefficient (Wildman–Crippen LogP) is 0.877. The van der Waals surface area contributed by atoms with E-state index in [9.17, 15) is 9.59 Å². The Morgan fingerprint density at radius 1 is 1.44 bits per heavy atom. The molecule has 0 bridgehead atoms. The number of aliphatic carboxylic acids is 1. The van der Waals surface area contributed by atoms with Crippen LogP contribution in [0, 0.1) is 0 Å². The fourth-order valence-corrected chi connectivity index (χ4v) is 1.48. The van der Waals surface area contributed by atoms with Gasteiger partial charge in [-0.25, -0.2) is 0 Å². The largest absolute Gasteiger partial charge is 0.480 e. The van der Waals surface area contributed by atoms with Crippen LogP contribution in [-0.2, 0) is 14.3 Å². The van der Waals surface area contributed by atoms with Gasteiger partial charge in [0.1, 0.15) is 6.54 Å². The average Bonchev–Trinajstić information content (AvgIpc) is 2.96. The van der Waals surface area contributed by atoms with E-state index in [4.69, 9.17) is 9.84 Å². The van der Waals surface area contributed by atoms with Crippen LogP contribution in [0.5, 0.6) is 0 Å². The van der Waals surface area contributed by atoms with Crippen LogP contribution in [0.1, 0.15) is 33.1 Å². The van der Waals surface area contributed by atoms with Gasteiger partial charge < -0.3 is 14.7 Å². The number of rotatable bonds is 7. The molecule has 16 heavy (non-hydrogen) atoms. The summed E-state index contributed by atoms with van der Waals surface area (Å²) in [6.45, 7) is 3.98. The zero-order valence-electron chi connectivity index (χ0n) is 9.81. The highest BCUT2D eigenvalue weighted by atomic mass is 16.5. The highest BCUT2D eigenvalue weighted by Gasteiger charge is 2.33. The molecule has 0 atom stereocenters. The van der Waals surface area contributed by atoms with Gasteiger partial charge in [-0.1, -0.05) is 0 Å². The van der Waals surface area contributed by atoms with E-state index in [2.05, 4.69) is 0 Å². The first-order valence-corrected chi connectivity index (χ1v) is 5.63. The van der Waals surface area contributed by atoms with Crippen molar-refractivity contribution in [3.8, 4) is 0 Å². The summed E-state index contributed by atoms with van der Waals surface area (Å²) in [5.74, 6) is -1.07. The maximum atomic E-state index is 11.7. The second-order valence-electron chi connectivity index (χ2n) is 4.32. The number of carbonyl (C=O) groups is 2. The van der Waals surface area contributed by atoms with Crippen LogP contribution in [0.15, 0.2) is 0 Å². The molecule has 1 aliphatic rings. The lowest BCUT2D eigenvalue weighted by atomic mass is 10.3. The van der Waals surface area contributed by atoms with E-state index in [-0.39, 0.29) is 31.0 Å². The zero-order chi connectivity index (χ0) is 12.1. The zero-order valence-corrected chi connectivity index (χ0v) is 9.81. The molecular formula is C11H19NO4. The summed E-state index contributed by atoms with van der Waals surface area (Å²) in [6, 6.07) is 0.141. The van der Waals surface area contributed by atoms with Gasteiger partial charge >= 0.3 is 5.97 Å². The number of hydrogen-bond donors (Lipinski definition) is 1. The highest BCUT2D eigenvalue weighted by Crippen LogP contribution is 2.27. The summed E-state index contributed by atoms with van der Waals surface area (Å²) in [7, 11) is 0. The smallest absolute Gasteiger partial charge is 0.323 e. The van der Waals surface area contributed by atoms with Gasteiger partial charge in [0.25, 0.3) is 0 Å². The third kappa shape index (κ3) is 4.61. The fourth-order valence-electron chi connectivity index (χ4n) is 1.48. The van der Waals surface area contributed by atoms with Gasteiger partial charge in [-0.3, -0.25) is 9.59 Å². The van der Waals surface area contributed by atoms with Gasteiger partial charge in [0, 0.05) is 6.04 Å². The minimum absolute atomic E-state index is 0.0987. The molecule has 0 heterocycles. The van der Waals surface area contributed by atoms with E-state index in [0.29, 0.717) is 6.61 Å². The van der Waals surface area contributed by atoms with Crippen LogP contribution in [0.25, 0.3) is 0 Å². The topological polar surface area (TPSA) is 66.8 Å². The van der Waals surface area contributed by atoms with Crippen LogP contribution in [0.3, 0.4) is 0 Å². The number of carboxylic acid groups (broad SMARTS) is 1. The van der Waals surface area contributed by atoms with Crippen LogP contribution >= 0.6 is 0 Å². The van der Waals surface area contributed by atoms with Crippen LogP contribution < -0.4 is 0 Å². The van der Waals surface area contributed by atoms with E-state index in [0.717, 1.165) is 12.8 Å². The third-order valence-corrected chi connectivity index (χ3v) is 2.38. The van der Waals surface area contributed by atoms with Gasteiger partial charge in [-0.2, -0.15) is 0 Å². The molecule has 0 aromatic rings. The van der Waals surface area contributed by atoms with Crippen molar-refractivity contribution < 1.29 is 19.4 Å². The number of amides is 1. The second-order valence-corrected chi connectivity index (χ2v) is 4.32. The fraction of sp³-hybridized carbons (Fsp3) is 0.818. The molecule has 1 fully saturated rings. The first-order chi connectivity index (χ1) is 7.50. The predicted molar refractivity (Wildman–Crippen MR) is 58.1 cm³/mol. The average molecular weight is 229 g/mol. The van der Waals surface area contributed by atoms with E-state index in [1.807, 2.05) is 13.8 Å². The van der Waals surface area contributed by atoms with Crippen molar-refractivity contribution in [2.45, 2.75) is 45.3 Å². The van der Waals surface area contributed by atoms with Gasteiger partial charge in [0.15, 0.2) is 0 Å². The summed E-state index contributed by atoms with van der Waals surface area (Å²) >= 11 is 0. The molecule has 1 aliphatic carbocycles. The Hall–Kier alpha value is -1.10. The van der Waals surface area contributed by atoms with Gasteiger partial charge in [0.05, 0.1) is 19.1 Å². The maximum absolute atomic E-state index is 11.7. The molecule has 92 valence electrons. The maximum Gasteiger partial charge on any atom is 0.323 e. The van der Waals surface area contributed by atoms with Gasteiger partial charge in [-0.05, 0) is 26.7 Å². The molecule has 1 amide bonds. The first kappa shape index (κ1) is 13.0. The van der Waals surface area contributed by atoms with Gasteiger partial charge in [-0.15, -0.1) is 0 Å². The van der Waals surface area contributed by atoms with Crippen molar-refractivity contribution in [2.75, 3.05) is 13.2 Å². The number of nitrogens with zero attached hydrogens (tertiary/aromatic N) is 1. The molecule has 1 saturated carbocycles. The van der Waals surface area contributed by atoms with Crippen molar-refractivity contribution in [1.29, 1.82) is 0 Å². The quantitative estimate of drug-likeness (QED) is 0.703. The summed E-state index contributed by atoms with van der Waals surface area (Å²) in [6.07, 6.45) is 2.21. The minimum atomic E-state index is -0.954. The van der Waals surface area contributed by atoms with Crippen LogP contribution in [0.2, 0.25) is 0 Å². The molecule has 0 spiro atoms. The molecule has 0 aromatic carbocycles. The number of carbonyl (C=O) groups excluding carboxylic acids is 1. The molecule has 5 heteroatoms. The second kappa shape index (κ2) is 5.84. The molecule has 1 N–H and O–H groups in total. The van der Waals surface area contributed by atoms with E-state index >= 15 is 0 Å². The molecule has 5 nitrogen and oxygen atoms in total. The lowest BCUT2D eigenvalue weighted by Gasteiger charge is -2.20. The van der Waals surface area contributed by atoms with Gasteiger partial charge in [0.2, 0.25) is 5.91 Å². The Morgan fingerprint density at radius 2 is 2.06 bits per heavy atom. The Balaban J connectivity index is 2.32. The molecule has 0 aliphatic heterocycles. The lowest BCUT2D eigenvalue weighted by molar-refractivity contribution is -0.145. The summed E-state index contributed by atoms with van der Waals surface area (Å²) in [4.78, 5) is 23.8. The third-order valence-electron chi connectivity index (χ3n) is 2.38. The van der Waals surface area contributed by atoms with E-state index in [1.165, 1.54) is 4.90 Å². The Morgan fingerprint density at radius 3 is 2.50 bits per heavy atom. The molecule has 0 saturated heterocycles. The van der Waals surface area contributed by atoms with Crippen LogP contribution in [-0.4, -0.2) is 47.2 Å². The van der Waals surface area contributed by atoms with Crippen molar-refractivity contribution in [2.24, 2.45) is 0 Å². The number of ether oxygens (including phenoxy) is 1. The molecule has 0 unspecified atom stereocenters. The molecule has 0 radical (unpaired) electrons. The van der Waals surface area contributed by atoms with Crippen molar-refractivity contribution in [3.05, 3.63) is 0 Å².